The van der Waals surface area contributed by atoms with Gasteiger partial charge in [-0.25, -0.2) is 4.31 Å². The van der Waals surface area contributed by atoms with E-state index in [9.17, 15) is 0 Å². The van der Waals surface area contributed by atoms with Crippen LogP contribution in [0.3, 0.4) is 0 Å². The van der Waals surface area contributed by atoms with Crippen molar-refractivity contribution in [1.29, 1.82) is 0 Å². The lowest BCUT2D eigenvalue weighted by molar-refractivity contribution is 0.351. The topological polar surface area (TPSA) is 37.3 Å². The molecule has 37 heavy (non-hydrogen) atoms. The van der Waals surface area contributed by atoms with Crippen LogP contribution < -0.4 is 9.47 Å². The van der Waals surface area contributed by atoms with Gasteiger partial charge in [-0.2, -0.15) is 0 Å². The first-order valence-electron chi connectivity index (χ1n) is 13.3. The van der Waals surface area contributed by atoms with Crippen molar-refractivity contribution in [2.75, 3.05) is 20.8 Å². The lowest BCUT2D eigenvalue weighted by Gasteiger charge is -2.30. The lowest BCUT2D eigenvalue weighted by atomic mass is 10.1. The molecule has 1 atom stereocenters. The van der Waals surface area contributed by atoms with Crippen molar-refractivity contribution in [2.45, 2.75) is 62.6 Å². The number of rotatable bonds is 10. The highest BCUT2D eigenvalue weighted by atomic mass is 32.2. The van der Waals surface area contributed by atoms with Crippen molar-refractivity contribution >= 4 is 17.8 Å². The highest BCUT2D eigenvalue weighted by Crippen LogP contribution is 2.34. The quantitative estimate of drug-likeness (QED) is 0.325. The summed E-state index contributed by atoms with van der Waals surface area (Å²) in [6.45, 7) is 3.94. The number of methoxy groups -OCH3 is 2. The third-order valence-corrected chi connectivity index (χ3v) is 8.55. The Morgan fingerprint density at radius 2 is 1.73 bits per heavy atom. The second-order valence-corrected chi connectivity index (χ2v) is 11.0. The Hall–Kier alpha value is -2.96. The zero-order valence-electron chi connectivity index (χ0n) is 22.1. The molecule has 3 aliphatic rings. The van der Waals surface area contributed by atoms with E-state index in [2.05, 4.69) is 82.9 Å². The molecule has 0 aromatic heterocycles. The first-order chi connectivity index (χ1) is 18.1. The van der Waals surface area contributed by atoms with Gasteiger partial charge >= 0.3 is 0 Å². The zero-order valence-corrected chi connectivity index (χ0v) is 22.9. The number of hydrogen-bond donors (Lipinski definition) is 0. The van der Waals surface area contributed by atoms with Crippen LogP contribution in [0, 0.1) is 0 Å². The lowest BCUT2D eigenvalue weighted by Crippen LogP contribution is -2.31. The molecule has 2 aliphatic carbocycles. The summed E-state index contributed by atoms with van der Waals surface area (Å²) in [7, 11) is 3.38. The van der Waals surface area contributed by atoms with Gasteiger partial charge in [-0.15, -0.1) is 0 Å². The number of allylic oxidation sites excluding steroid dienone is 3. The van der Waals surface area contributed by atoms with Gasteiger partial charge in [-0.05, 0) is 85.7 Å². The molecular formula is C31H37N3O2S. The number of aliphatic imine (C=N–C) groups is 1. The van der Waals surface area contributed by atoms with Gasteiger partial charge in [0.25, 0.3) is 0 Å². The van der Waals surface area contributed by atoms with Crippen molar-refractivity contribution in [3.63, 3.8) is 0 Å². The molecular weight excluding hydrogens is 478 g/mol. The van der Waals surface area contributed by atoms with E-state index < -0.39 is 0 Å². The van der Waals surface area contributed by atoms with Gasteiger partial charge in [0.05, 0.1) is 20.3 Å². The third-order valence-electron chi connectivity index (χ3n) is 7.35. The fraction of sp³-hybridized carbons (Fsp3) is 0.387. The van der Waals surface area contributed by atoms with Crippen molar-refractivity contribution in [2.24, 2.45) is 4.99 Å². The van der Waals surface area contributed by atoms with Crippen LogP contribution in [0.2, 0.25) is 0 Å². The normalized spacial score (nSPS) is 19.1. The number of hydrogen-bond acceptors (Lipinski definition) is 6. The Morgan fingerprint density at radius 3 is 2.49 bits per heavy atom. The van der Waals surface area contributed by atoms with E-state index >= 15 is 0 Å². The average molecular weight is 516 g/mol. The van der Waals surface area contributed by atoms with Gasteiger partial charge in [0, 0.05) is 29.7 Å². The molecule has 0 saturated heterocycles. The van der Waals surface area contributed by atoms with Gasteiger partial charge in [0.15, 0.2) is 11.5 Å². The van der Waals surface area contributed by atoms with Crippen molar-refractivity contribution in [3.8, 4) is 11.5 Å². The number of fused-ring (bicyclic) bond motifs is 1. The van der Waals surface area contributed by atoms with Crippen LogP contribution >= 0.6 is 11.9 Å². The maximum Gasteiger partial charge on any atom is 0.160 e. The van der Waals surface area contributed by atoms with E-state index in [1.54, 1.807) is 14.2 Å². The largest absolute Gasteiger partial charge is 0.493 e. The second-order valence-electron chi connectivity index (χ2n) is 9.84. The van der Waals surface area contributed by atoms with Crippen molar-refractivity contribution in [3.05, 3.63) is 89.7 Å². The minimum absolute atomic E-state index is 0.153. The van der Waals surface area contributed by atoms with E-state index in [1.807, 2.05) is 18.0 Å². The minimum atomic E-state index is 0.153. The van der Waals surface area contributed by atoms with Crippen LogP contribution in [0.4, 0.5) is 0 Å². The van der Waals surface area contributed by atoms with Gasteiger partial charge in [0.1, 0.15) is 5.84 Å². The molecule has 2 aromatic rings. The molecule has 1 saturated carbocycles. The van der Waals surface area contributed by atoms with Crippen molar-refractivity contribution in [1.82, 2.24) is 9.21 Å². The van der Waals surface area contributed by atoms with E-state index in [4.69, 9.17) is 14.5 Å². The highest BCUT2D eigenvalue weighted by Gasteiger charge is 2.24. The molecule has 1 heterocycles. The van der Waals surface area contributed by atoms with E-state index in [-0.39, 0.29) is 6.04 Å². The first-order valence-corrected chi connectivity index (χ1v) is 14.0. The van der Waals surface area contributed by atoms with Gasteiger partial charge in [-0.1, -0.05) is 49.3 Å². The summed E-state index contributed by atoms with van der Waals surface area (Å²) >= 11 is 1.90. The maximum absolute atomic E-state index is 5.51. The summed E-state index contributed by atoms with van der Waals surface area (Å²) in [6, 6.07) is 16.1. The summed E-state index contributed by atoms with van der Waals surface area (Å²) in [6.07, 6.45) is 16.9. The fourth-order valence-corrected chi connectivity index (χ4v) is 6.37. The minimum Gasteiger partial charge on any atom is -0.493 e. The molecule has 0 amide bonds. The Kier molecular flexibility index (Phi) is 8.37. The van der Waals surface area contributed by atoms with Crippen LogP contribution in [0.5, 0.6) is 11.5 Å². The monoisotopic (exact) mass is 515 g/mol. The molecule has 1 unspecified atom stereocenters. The Morgan fingerprint density at radius 1 is 0.973 bits per heavy atom. The van der Waals surface area contributed by atoms with E-state index in [0.717, 1.165) is 36.8 Å². The van der Waals surface area contributed by atoms with Gasteiger partial charge in [-0.3, -0.25) is 4.99 Å². The number of ether oxygens (including phenoxy) is 2. The number of benzene rings is 2. The standard InChI is InChI=1S/C31H37N3O2S/c1-23-32-26-8-4-5-11-28(21-26)33(23)22-25-12-15-29(16-13-25)37-34(27-9-6-7-10-27)19-18-24-14-17-30(35-2)31(20-24)36-3/h4-5,8,11-17,20-21,26-27H,6-7,9-10,18-19,22H2,1-3H3. The van der Waals surface area contributed by atoms with Crippen molar-refractivity contribution < 1.29 is 9.47 Å². The summed E-state index contributed by atoms with van der Waals surface area (Å²) < 4.78 is 13.5. The Bertz CT molecular complexity index is 1200. The summed E-state index contributed by atoms with van der Waals surface area (Å²) in [5, 5.41) is 0. The molecule has 0 radical (unpaired) electrons. The summed E-state index contributed by atoms with van der Waals surface area (Å²) in [5.41, 5.74) is 3.79. The van der Waals surface area contributed by atoms with Crippen LogP contribution in [0.1, 0.15) is 43.7 Å². The fourth-order valence-electron chi connectivity index (χ4n) is 5.30. The third kappa shape index (κ3) is 6.31. The molecule has 5 nitrogen and oxygen atoms in total. The number of nitrogens with zero attached hydrogens (tertiary/aromatic N) is 3. The summed E-state index contributed by atoms with van der Waals surface area (Å²) in [4.78, 5) is 8.42. The van der Waals surface area contributed by atoms with Gasteiger partial charge in [0.2, 0.25) is 0 Å². The van der Waals surface area contributed by atoms with Crippen LogP contribution in [0.15, 0.2) is 88.4 Å². The highest BCUT2D eigenvalue weighted by molar-refractivity contribution is 7.97. The molecule has 5 rings (SSSR count). The molecule has 2 bridgehead atoms. The predicted octanol–water partition coefficient (Wildman–Crippen LogP) is 6.81. The maximum atomic E-state index is 5.51. The molecule has 1 fully saturated rings. The predicted molar refractivity (Wildman–Crippen MR) is 153 cm³/mol. The zero-order chi connectivity index (χ0) is 25.6. The molecule has 0 N–H and O–H groups in total. The van der Waals surface area contributed by atoms with Crippen LogP contribution in [-0.4, -0.2) is 47.9 Å². The first kappa shape index (κ1) is 25.7. The molecule has 6 heteroatoms. The SMILES string of the molecule is COc1ccc(CCN(Sc2ccc(CN3C4=CC(C=CC=C4)N=C3C)cc2)C2CCCC2)cc1OC. The molecule has 194 valence electrons. The van der Waals surface area contributed by atoms with E-state index in [1.165, 1.54) is 47.4 Å². The van der Waals surface area contributed by atoms with E-state index in [0.29, 0.717) is 6.04 Å². The van der Waals surface area contributed by atoms with Crippen LogP contribution in [-0.2, 0) is 13.0 Å². The Balaban J connectivity index is 1.24. The number of amidine groups is 1. The summed E-state index contributed by atoms with van der Waals surface area (Å²) in [5.74, 6) is 2.65. The Labute approximate surface area is 225 Å². The second kappa shape index (κ2) is 12.1. The molecule has 0 spiro atoms. The molecule has 1 aliphatic heterocycles. The van der Waals surface area contributed by atoms with Crippen LogP contribution in [0.25, 0.3) is 0 Å². The van der Waals surface area contributed by atoms with Gasteiger partial charge < -0.3 is 14.4 Å². The molecule has 2 aromatic carbocycles. The average Bonchev–Trinajstić information content (AvgIpc) is 3.38. The smallest absolute Gasteiger partial charge is 0.160 e.